The number of nitrogens with one attached hydrogen (secondary N) is 1. The molecule has 1 aromatic carbocycles. The van der Waals surface area contributed by atoms with E-state index in [-0.39, 0.29) is 11.1 Å². The lowest BCUT2D eigenvalue weighted by atomic mass is 10.2. The summed E-state index contributed by atoms with van der Waals surface area (Å²) in [5.74, 6) is -1.44. The first-order chi connectivity index (χ1) is 11.5. The number of halogens is 1. The van der Waals surface area contributed by atoms with Crippen molar-refractivity contribution in [3.8, 4) is 5.75 Å². The van der Waals surface area contributed by atoms with Crippen LogP contribution in [-0.4, -0.2) is 36.5 Å². The molecule has 2 rings (SSSR count). The largest absolute Gasteiger partial charge is 0.497 e. The molecular weight excluding hydrogens is 380 g/mol. The van der Waals surface area contributed by atoms with Gasteiger partial charge in [-0.25, -0.2) is 4.79 Å². The molecule has 0 radical (unpaired) electrons. The van der Waals surface area contributed by atoms with Gasteiger partial charge in [-0.1, -0.05) is 0 Å². The molecule has 24 heavy (non-hydrogen) atoms. The lowest BCUT2D eigenvalue weighted by Gasteiger charge is -2.06. The molecule has 1 aromatic heterocycles. The smallest absolute Gasteiger partial charge is 0.340 e. The average Bonchev–Trinajstić information content (AvgIpc) is 2.59. The van der Waals surface area contributed by atoms with E-state index in [0.717, 1.165) is 0 Å². The molecule has 0 aliphatic carbocycles. The number of benzene rings is 1. The van der Waals surface area contributed by atoms with E-state index < -0.39 is 24.4 Å². The van der Waals surface area contributed by atoms with Gasteiger partial charge >= 0.3 is 5.97 Å². The van der Waals surface area contributed by atoms with Crippen molar-refractivity contribution in [1.82, 2.24) is 10.3 Å². The summed E-state index contributed by atoms with van der Waals surface area (Å²) in [7, 11) is 1.51. The predicted octanol–water partition coefficient (Wildman–Crippen LogP) is 1.97. The first-order valence-electron chi connectivity index (χ1n) is 6.75. The van der Waals surface area contributed by atoms with Gasteiger partial charge in [0.1, 0.15) is 5.75 Å². The second kappa shape index (κ2) is 8.21. The van der Waals surface area contributed by atoms with Gasteiger partial charge in [0.25, 0.3) is 11.8 Å². The summed E-state index contributed by atoms with van der Waals surface area (Å²) < 4.78 is 10.4. The SMILES string of the molecule is COc1ccc(C(=O)NC(=O)COC(=O)c2cncc(Br)c2)cc1. The number of amides is 2. The summed E-state index contributed by atoms with van der Waals surface area (Å²) in [6, 6.07) is 7.73. The first-order valence-corrected chi connectivity index (χ1v) is 7.55. The van der Waals surface area contributed by atoms with Gasteiger partial charge in [0.2, 0.25) is 0 Å². The molecule has 7 nitrogen and oxygen atoms in total. The molecule has 1 N–H and O–H groups in total. The monoisotopic (exact) mass is 392 g/mol. The Kier molecular flexibility index (Phi) is 6.02. The van der Waals surface area contributed by atoms with Crippen LogP contribution in [0.5, 0.6) is 5.75 Å². The maximum absolute atomic E-state index is 11.9. The number of rotatable bonds is 5. The highest BCUT2D eigenvalue weighted by molar-refractivity contribution is 9.10. The summed E-state index contributed by atoms with van der Waals surface area (Å²) in [5, 5.41) is 2.13. The molecule has 0 atom stereocenters. The van der Waals surface area contributed by atoms with E-state index in [4.69, 9.17) is 9.47 Å². The van der Waals surface area contributed by atoms with Crippen molar-refractivity contribution in [2.45, 2.75) is 0 Å². The number of esters is 1. The number of pyridine rings is 1. The molecule has 0 unspecified atom stereocenters. The van der Waals surface area contributed by atoms with Crippen LogP contribution < -0.4 is 10.1 Å². The van der Waals surface area contributed by atoms with Gasteiger partial charge in [0.05, 0.1) is 12.7 Å². The molecular formula is C16H13BrN2O5. The lowest BCUT2D eigenvalue weighted by Crippen LogP contribution is -2.34. The van der Waals surface area contributed by atoms with Crippen molar-refractivity contribution in [2.75, 3.05) is 13.7 Å². The van der Waals surface area contributed by atoms with Crippen LogP contribution >= 0.6 is 15.9 Å². The van der Waals surface area contributed by atoms with Crippen molar-refractivity contribution in [1.29, 1.82) is 0 Å². The van der Waals surface area contributed by atoms with Crippen LogP contribution in [0.2, 0.25) is 0 Å². The van der Waals surface area contributed by atoms with Crippen molar-refractivity contribution in [3.05, 3.63) is 58.3 Å². The van der Waals surface area contributed by atoms with Crippen molar-refractivity contribution in [2.24, 2.45) is 0 Å². The van der Waals surface area contributed by atoms with Gasteiger partial charge in [0.15, 0.2) is 6.61 Å². The molecule has 1 heterocycles. The summed E-state index contributed by atoms with van der Waals surface area (Å²) in [5.41, 5.74) is 0.477. The minimum absolute atomic E-state index is 0.193. The highest BCUT2D eigenvalue weighted by Gasteiger charge is 2.14. The van der Waals surface area contributed by atoms with Crippen molar-refractivity contribution < 1.29 is 23.9 Å². The van der Waals surface area contributed by atoms with E-state index in [1.165, 1.54) is 37.7 Å². The third-order valence-electron chi connectivity index (χ3n) is 2.88. The normalized spacial score (nSPS) is 9.92. The molecule has 2 amide bonds. The molecule has 0 bridgehead atoms. The van der Waals surface area contributed by atoms with E-state index in [1.54, 1.807) is 12.1 Å². The Hall–Kier alpha value is -2.74. The van der Waals surface area contributed by atoms with Crippen LogP contribution in [0.1, 0.15) is 20.7 Å². The molecule has 8 heteroatoms. The predicted molar refractivity (Wildman–Crippen MR) is 87.7 cm³/mol. The Morgan fingerprint density at radius 1 is 1.12 bits per heavy atom. The third kappa shape index (κ3) is 4.88. The number of carbonyl (C=O) groups is 3. The number of hydrogen-bond donors (Lipinski definition) is 1. The van der Waals surface area contributed by atoms with E-state index in [9.17, 15) is 14.4 Å². The van der Waals surface area contributed by atoms with Crippen LogP contribution in [0.25, 0.3) is 0 Å². The van der Waals surface area contributed by atoms with Crippen molar-refractivity contribution >= 4 is 33.7 Å². The molecule has 0 spiro atoms. The summed E-state index contributed by atoms with van der Waals surface area (Å²) >= 11 is 3.18. The molecule has 0 fully saturated rings. The van der Waals surface area contributed by atoms with Gasteiger partial charge < -0.3 is 9.47 Å². The number of imide groups is 1. The zero-order valence-electron chi connectivity index (χ0n) is 12.6. The standard InChI is InChI=1S/C16H13BrN2O5/c1-23-13-4-2-10(3-5-13)15(21)19-14(20)9-24-16(22)11-6-12(17)8-18-7-11/h2-8H,9H2,1H3,(H,19,20,21). The van der Waals surface area contributed by atoms with E-state index >= 15 is 0 Å². The fourth-order valence-corrected chi connectivity index (χ4v) is 2.08. The number of methoxy groups -OCH3 is 1. The third-order valence-corrected chi connectivity index (χ3v) is 3.31. The van der Waals surface area contributed by atoms with E-state index in [1.807, 2.05) is 0 Å². The summed E-state index contributed by atoms with van der Waals surface area (Å²) in [4.78, 5) is 39.2. The van der Waals surface area contributed by atoms with Gasteiger partial charge in [-0.2, -0.15) is 0 Å². The number of ether oxygens (including phenoxy) is 2. The fraction of sp³-hybridized carbons (Fsp3) is 0.125. The Morgan fingerprint density at radius 2 is 1.83 bits per heavy atom. The second-order valence-corrected chi connectivity index (χ2v) is 5.49. The Bertz CT molecular complexity index is 761. The zero-order chi connectivity index (χ0) is 17.5. The lowest BCUT2D eigenvalue weighted by molar-refractivity contribution is -0.123. The van der Waals surface area contributed by atoms with Crippen LogP contribution in [0.15, 0.2) is 47.2 Å². The number of aromatic nitrogens is 1. The quantitative estimate of drug-likeness (QED) is 0.781. The highest BCUT2D eigenvalue weighted by atomic mass is 79.9. The molecule has 2 aromatic rings. The Morgan fingerprint density at radius 3 is 2.46 bits per heavy atom. The van der Waals surface area contributed by atoms with Crippen LogP contribution in [0.3, 0.4) is 0 Å². The van der Waals surface area contributed by atoms with Crippen molar-refractivity contribution in [3.63, 3.8) is 0 Å². The molecule has 0 aliphatic heterocycles. The maximum Gasteiger partial charge on any atom is 0.340 e. The average molecular weight is 393 g/mol. The van der Waals surface area contributed by atoms with Gasteiger partial charge in [-0.05, 0) is 46.3 Å². The number of hydrogen-bond acceptors (Lipinski definition) is 6. The fourth-order valence-electron chi connectivity index (χ4n) is 1.72. The minimum atomic E-state index is -0.730. The summed E-state index contributed by atoms with van der Waals surface area (Å²) in [6.45, 7) is -0.576. The minimum Gasteiger partial charge on any atom is -0.497 e. The molecule has 0 saturated carbocycles. The van der Waals surface area contributed by atoms with E-state index in [0.29, 0.717) is 10.2 Å². The zero-order valence-corrected chi connectivity index (χ0v) is 14.2. The Balaban J connectivity index is 1.86. The molecule has 0 aliphatic rings. The van der Waals surface area contributed by atoms with Crippen LogP contribution in [-0.2, 0) is 9.53 Å². The van der Waals surface area contributed by atoms with Gasteiger partial charge in [-0.3, -0.25) is 19.9 Å². The highest BCUT2D eigenvalue weighted by Crippen LogP contribution is 2.11. The van der Waals surface area contributed by atoms with Crippen LogP contribution in [0, 0.1) is 0 Å². The first kappa shape index (κ1) is 17.6. The Labute approximate surface area is 146 Å². The van der Waals surface area contributed by atoms with Crippen LogP contribution in [0.4, 0.5) is 0 Å². The topological polar surface area (TPSA) is 94.6 Å². The molecule has 124 valence electrons. The van der Waals surface area contributed by atoms with Gasteiger partial charge in [-0.15, -0.1) is 0 Å². The number of nitrogens with zero attached hydrogens (tertiary/aromatic N) is 1. The van der Waals surface area contributed by atoms with Gasteiger partial charge in [0, 0.05) is 22.4 Å². The second-order valence-electron chi connectivity index (χ2n) is 4.57. The maximum atomic E-state index is 11.9. The number of carbonyl (C=O) groups excluding carboxylic acids is 3. The summed E-state index contributed by atoms with van der Waals surface area (Å²) in [6.07, 6.45) is 2.82. The molecule has 0 saturated heterocycles. The van der Waals surface area contributed by atoms with E-state index in [2.05, 4.69) is 26.2 Å².